The molecule has 0 bridgehead atoms. The molecule has 84 valence electrons. The first-order chi connectivity index (χ1) is 7.09. The van der Waals surface area contributed by atoms with E-state index in [-0.39, 0.29) is 5.56 Å². The number of hydrogen-bond donors (Lipinski definition) is 3. The predicted octanol–water partition coefficient (Wildman–Crippen LogP) is 0.179. The van der Waals surface area contributed by atoms with Crippen LogP contribution in [-0.2, 0) is 5.41 Å². The van der Waals surface area contributed by atoms with Crippen LogP contribution >= 0.6 is 0 Å². The third-order valence-electron chi connectivity index (χ3n) is 2.44. The minimum Gasteiger partial charge on any atom is -0.395 e. The zero-order valence-corrected chi connectivity index (χ0v) is 7.95. The average Bonchev–Trinajstić information content (AvgIpc) is 2.26. The van der Waals surface area contributed by atoms with Crippen molar-refractivity contribution in [3.63, 3.8) is 0 Å². The van der Waals surface area contributed by atoms with Gasteiger partial charge in [-0.05, 0) is 17.7 Å². The van der Waals surface area contributed by atoms with E-state index in [2.05, 4.69) is 0 Å². The first-order valence-corrected chi connectivity index (χ1v) is 4.38. The van der Waals surface area contributed by atoms with E-state index in [9.17, 15) is 8.78 Å². The molecule has 15 heavy (non-hydrogen) atoms. The molecule has 0 radical (unpaired) electrons. The predicted molar refractivity (Wildman–Crippen MR) is 49.3 cm³/mol. The van der Waals surface area contributed by atoms with E-state index in [0.29, 0.717) is 0 Å². The van der Waals surface area contributed by atoms with Gasteiger partial charge in [0.2, 0.25) is 0 Å². The van der Waals surface area contributed by atoms with E-state index in [4.69, 9.17) is 15.3 Å². The fraction of sp³-hybridized carbons (Fsp3) is 0.400. The highest BCUT2D eigenvalue weighted by molar-refractivity contribution is 5.27. The molecule has 0 aliphatic rings. The Bertz CT molecular complexity index is 329. The Hall–Kier alpha value is -1.04. The molecule has 0 saturated carbocycles. The molecule has 3 nitrogen and oxygen atoms in total. The quantitative estimate of drug-likeness (QED) is 0.675. The maximum Gasteiger partial charge on any atom is 0.159 e. The van der Waals surface area contributed by atoms with Gasteiger partial charge in [-0.2, -0.15) is 0 Å². The molecule has 5 heteroatoms. The third kappa shape index (κ3) is 2.14. The second-order valence-electron chi connectivity index (χ2n) is 3.38. The highest BCUT2D eigenvalue weighted by atomic mass is 19.2. The number of aliphatic hydroxyl groups is 3. The van der Waals surface area contributed by atoms with Crippen LogP contribution < -0.4 is 0 Å². The molecule has 0 atom stereocenters. The van der Waals surface area contributed by atoms with Crippen LogP contribution in [0.1, 0.15) is 5.56 Å². The Morgan fingerprint density at radius 2 is 1.47 bits per heavy atom. The maximum atomic E-state index is 12.9. The monoisotopic (exact) mass is 218 g/mol. The third-order valence-corrected chi connectivity index (χ3v) is 2.44. The molecule has 0 unspecified atom stereocenters. The van der Waals surface area contributed by atoms with Crippen molar-refractivity contribution in [3.8, 4) is 0 Å². The molecule has 0 fully saturated rings. The van der Waals surface area contributed by atoms with Crippen LogP contribution in [0.3, 0.4) is 0 Å². The molecule has 0 aromatic heterocycles. The standard InChI is InChI=1S/C10H12F2O3/c11-8-2-1-7(3-9(8)12)10(4-13,5-14)6-15/h1-3,13-15H,4-6H2. The zero-order chi connectivity index (χ0) is 11.5. The SMILES string of the molecule is OCC(CO)(CO)c1ccc(F)c(F)c1. The Kier molecular flexibility index (Phi) is 3.73. The fourth-order valence-electron chi connectivity index (χ4n) is 1.25. The smallest absolute Gasteiger partial charge is 0.159 e. The van der Waals surface area contributed by atoms with Gasteiger partial charge in [0.15, 0.2) is 11.6 Å². The Balaban J connectivity index is 3.17. The molecular weight excluding hydrogens is 206 g/mol. The van der Waals surface area contributed by atoms with Crippen molar-refractivity contribution in [2.45, 2.75) is 5.41 Å². The van der Waals surface area contributed by atoms with Crippen LogP contribution in [0.2, 0.25) is 0 Å². The van der Waals surface area contributed by atoms with Crippen LogP contribution in [0, 0.1) is 11.6 Å². The molecule has 0 amide bonds. The minimum atomic E-state index is -1.34. The van der Waals surface area contributed by atoms with E-state index in [1.165, 1.54) is 6.07 Å². The molecule has 0 spiro atoms. The molecule has 3 N–H and O–H groups in total. The number of benzene rings is 1. The first kappa shape index (κ1) is 12.0. The summed E-state index contributed by atoms with van der Waals surface area (Å²) in [5.41, 5.74) is -1.18. The summed E-state index contributed by atoms with van der Waals surface area (Å²) in [5.74, 6) is -2.09. The molecule has 1 aromatic rings. The molecule has 0 aliphatic carbocycles. The lowest BCUT2D eigenvalue weighted by Crippen LogP contribution is -2.38. The average molecular weight is 218 g/mol. The van der Waals surface area contributed by atoms with Crippen LogP contribution in [0.5, 0.6) is 0 Å². The van der Waals surface area contributed by atoms with Gasteiger partial charge in [0.05, 0.1) is 25.2 Å². The minimum absolute atomic E-state index is 0.161. The number of hydrogen-bond acceptors (Lipinski definition) is 3. The summed E-state index contributed by atoms with van der Waals surface area (Å²) in [6, 6.07) is 2.97. The summed E-state index contributed by atoms with van der Waals surface area (Å²) in [7, 11) is 0. The fourth-order valence-corrected chi connectivity index (χ4v) is 1.25. The van der Waals surface area contributed by atoms with E-state index in [0.717, 1.165) is 12.1 Å². The summed E-state index contributed by atoms with van der Waals surface area (Å²) in [6.07, 6.45) is 0. The topological polar surface area (TPSA) is 60.7 Å². The first-order valence-electron chi connectivity index (χ1n) is 4.38. The molecule has 0 saturated heterocycles. The Morgan fingerprint density at radius 1 is 0.933 bits per heavy atom. The summed E-state index contributed by atoms with van der Waals surface area (Å²) in [5, 5.41) is 27.2. The number of rotatable bonds is 4. The van der Waals surface area contributed by atoms with Crippen LogP contribution in [0.15, 0.2) is 18.2 Å². The lowest BCUT2D eigenvalue weighted by Gasteiger charge is -2.27. The Morgan fingerprint density at radius 3 is 1.87 bits per heavy atom. The zero-order valence-electron chi connectivity index (χ0n) is 7.95. The van der Waals surface area contributed by atoms with Gasteiger partial charge in [0, 0.05) is 0 Å². The maximum absolute atomic E-state index is 12.9. The second kappa shape index (κ2) is 4.65. The van der Waals surface area contributed by atoms with Crippen molar-refractivity contribution in [1.29, 1.82) is 0 Å². The second-order valence-corrected chi connectivity index (χ2v) is 3.38. The summed E-state index contributed by atoms with van der Waals surface area (Å²) in [4.78, 5) is 0. The van der Waals surface area contributed by atoms with Crippen LogP contribution in [0.4, 0.5) is 8.78 Å². The van der Waals surface area contributed by atoms with Gasteiger partial charge in [-0.3, -0.25) is 0 Å². The molecular formula is C10H12F2O3. The van der Waals surface area contributed by atoms with Crippen molar-refractivity contribution in [1.82, 2.24) is 0 Å². The van der Waals surface area contributed by atoms with Crippen molar-refractivity contribution in [3.05, 3.63) is 35.4 Å². The number of halogens is 2. The highest BCUT2D eigenvalue weighted by Gasteiger charge is 2.31. The molecule has 0 aliphatic heterocycles. The van der Waals surface area contributed by atoms with E-state index in [1.54, 1.807) is 0 Å². The van der Waals surface area contributed by atoms with Gasteiger partial charge in [0.25, 0.3) is 0 Å². The van der Waals surface area contributed by atoms with Gasteiger partial charge in [-0.1, -0.05) is 6.07 Å². The van der Waals surface area contributed by atoms with Crippen LogP contribution in [0.25, 0.3) is 0 Å². The van der Waals surface area contributed by atoms with Crippen molar-refractivity contribution in [2.75, 3.05) is 19.8 Å². The summed E-state index contributed by atoms with van der Waals surface area (Å²) in [6.45, 7) is -1.65. The van der Waals surface area contributed by atoms with Gasteiger partial charge in [-0.25, -0.2) is 8.78 Å². The summed E-state index contributed by atoms with van der Waals surface area (Å²) < 4.78 is 25.5. The van der Waals surface area contributed by atoms with E-state index >= 15 is 0 Å². The van der Waals surface area contributed by atoms with Crippen molar-refractivity contribution < 1.29 is 24.1 Å². The van der Waals surface area contributed by atoms with Gasteiger partial charge in [-0.15, -0.1) is 0 Å². The molecule has 0 heterocycles. The summed E-state index contributed by atoms with van der Waals surface area (Å²) >= 11 is 0. The molecule has 1 rings (SSSR count). The largest absolute Gasteiger partial charge is 0.395 e. The van der Waals surface area contributed by atoms with E-state index < -0.39 is 36.9 Å². The lowest BCUT2D eigenvalue weighted by molar-refractivity contribution is 0.0638. The van der Waals surface area contributed by atoms with E-state index in [1.807, 2.05) is 0 Å². The molecule has 1 aromatic carbocycles. The normalized spacial score (nSPS) is 11.8. The van der Waals surface area contributed by atoms with Gasteiger partial charge in [0.1, 0.15) is 0 Å². The van der Waals surface area contributed by atoms with Gasteiger partial charge >= 0.3 is 0 Å². The van der Waals surface area contributed by atoms with Crippen molar-refractivity contribution >= 4 is 0 Å². The highest BCUT2D eigenvalue weighted by Crippen LogP contribution is 2.24. The van der Waals surface area contributed by atoms with Crippen molar-refractivity contribution in [2.24, 2.45) is 0 Å². The van der Waals surface area contributed by atoms with Gasteiger partial charge < -0.3 is 15.3 Å². The number of aliphatic hydroxyl groups excluding tert-OH is 3. The lowest BCUT2D eigenvalue weighted by atomic mass is 9.83. The Labute approximate surface area is 85.6 Å². The van der Waals surface area contributed by atoms with Crippen LogP contribution in [-0.4, -0.2) is 35.1 Å².